The third kappa shape index (κ3) is 6.03. The lowest BCUT2D eigenvalue weighted by Gasteiger charge is -2.28. The number of nitrogens with zero attached hydrogens (tertiary/aromatic N) is 3. The monoisotopic (exact) mass is 495 g/mol. The maximum absolute atomic E-state index is 12.7. The molecule has 1 aliphatic rings. The lowest BCUT2D eigenvalue weighted by molar-refractivity contribution is -0.192. The summed E-state index contributed by atoms with van der Waals surface area (Å²) in [5.74, 6) is -2.47. The zero-order valence-electron chi connectivity index (χ0n) is 17.5. The van der Waals surface area contributed by atoms with Crippen molar-refractivity contribution in [1.29, 1.82) is 5.26 Å². The first-order valence-electron chi connectivity index (χ1n) is 10.1. The molecule has 0 bridgehead atoms. The number of hydrogen-bond donors (Lipinski definition) is 4. The summed E-state index contributed by atoms with van der Waals surface area (Å²) in [7, 11) is 0. The quantitative estimate of drug-likeness (QED) is 0.431. The number of alkyl halides is 3. The molecule has 0 aromatic carbocycles. The number of thiophene rings is 1. The van der Waals surface area contributed by atoms with Crippen molar-refractivity contribution >= 4 is 40.2 Å². The molecule has 3 aromatic heterocycles. The fraction of sp³-hybridized carbons (Fsp3) is 0.333. The molecule has 0 aliphatic heterocycles. The number of rotatable bonds is 4. The highest BCUT2D eigenvalue weighted by atomic mass is 32.1. The number of anilines is 2. The molecule has 180 valence electrons. The second kappa shape index (κ2) is 10.5. The van der Waals surface area contributed by atoms with Gasteiger partial charge in [0, 0.05) is 0 Å². The number of halogens is 3. The predicted molar refractivity (Wildman–Crippen MR) is 118 cm³/mol. The van der Waals surface area contributed by atoms with E-state index in [1.807, 2.05) is 18.2 Å². The molecular formula is C21H20F3N5O4S. The van der Waals surface area contributed by atoms with Crippen molar-refractivity contribution in [3.05, 3.63) is 46.3 Å². The maximum atomic E-state index is 12.7. The Morgan fingerprint density at radius 1 is 1.18 bits per heavy atom. The highest BCUT2D eigenvalue weighted by Gasteiger charge is 2.38. The average molecular weight is 495 g/mol. The second-order valence-electron chi connectivity index (χ2n) is 7.41. The summed E-state index contributed by atoms with van der Waals surface area (Å²) in [6, 6.07) is 11.0. The third-order valence-corrected chi connectivity index (χ3v) is 5.88. The van der Waals surface area contributed by atoms with Gasteiger partial charge >= 0.3 is 12.1 Å². The average Bonchev–Trinajstić information content (AvgIpc) is 3.41. The number of aromatic nitrogens is 2. The van der Waals surface area contributed by atoms with E-state index in [4.69, 9.17) is 15.2 Å². The molecule has 4 N–H and O–H groups in total. The van der Waals surface area contributed by atoms with E-state index in [9.17, 15) is 23.1 Å². The van der Waals surface area contributed by atoms with Crippen molar-refractivity contribution in [2.75, 3.05) is 10.6 Å². The maximum Gasteiger partial charge on any atom is 0.490 e. The van der Waals surface area contributed by atoms with E-state index in [0.717, 1.165) is 31.2 Å². The number of nitriles is 1. The van der Waals surface area contributed by atoms with Crippen LogP contribution in [-0.2, 0) is 4.79 Å². The van der Waals surface area contributed by atoms with E-state index in [2.05, 4.69) is 21.8 Å². The number of aliphatic hydroxyl groups excluding tert-OH is 1. The number of carbonyl (C=O) groups excluding carboxylic acids is 1. The Morgan fingerprint density at radius 3 is 2.50 bits per heavy atom. The molecule has 1 saturated carbocycles. The predicted octanol–water partition coefficient (Wildman–Crippen LogP) is 3.87. The molecule has 1 aliphatic carbocycles. The van der Waals surface area contributed by atoms with Gasteiger partial charge in [-0.1, -0.05) is 12.8 Å². The molecule has 34 heavy (non-hydrogen) atoms. The zero-order chi connectivity index (χ0) is 24.9. The van der Waals surface area contributed by atoms with Gasteiger partial charge in [-0.2, -0.15) is 18.4 Å². The van der Waals surface area contributed by atoms with Crippen molar-refractivity contribution < 1.29 is 33.0 Å². The number of nitrogens with one attached hydrogen (secondary N) is 2. The summed E-state index contributed by atoms with van der Waals surface area (Å²) in [5.41, 5.74) is 1.68. The molecule has 9 nitrogen and oxygen atoms in total. The number of aliphatic carboxylic acids is 1. The molecule has 2 atom stereocenters. The van der Waals surface area contributed by atoms with Gasteiger partial charge in [0.2, 0.25) is 0 Å². The van der Waals surface area contributed by atoms with Gasteiger partial charge < -0.3 is 20.8 Å². The number of carbonyl (C=O) groups is 2. The van der Waals surface area contributed by atoms with Gasteiger partial charge in [-0.3, -0.25) is 4.79 Å². The molecular weight excluding hydrogens is 475 g/mol. The van der Waals surface area contributed by atoms with E-state index in [0.29, 0.717) is 22.1 Å². The van der Waals surface area contributed by atoms with Crippen LogP contribution in [0.1, 0.15) is 41.0 Å². The van der Waals surface area contributed by atoms with Gasteiger partial charge in [0.1, 0.15) is 22.5 Å². The Kier molecular flexibility index (Phi) is 7.75. The van der Waals surface area contributed by atoms with E-state index in [1.165, 1.54) is 11.3 Å². The van der Waals surface area contributed by atoms with Crippen molar-refractivity contribution in [2.45, 2.75) is 44.0 Å². The minimum atomic E-state index is -5.08. The van der Waals surface area contributed by atoms with E-state index in [1.54, 1.807) is 22.0 Å². The standard InChI is InChI=1S/C19H19N5O2S.C2HF3O2/c20-11-17-14(9-10-27-17)22-19(26)15-7-5-12-6-8-18(23-24(12)15)21-13-3-1-2-4-16(13)25;3-2(4,5)1(6)7/h5-10,13,16,25H,1-4H2,(H,21,23)(H,22,26);(H,6,7)/t13-,16+;/m1./s1. The summed E-state index contributed by atoms with van der Waals surface area (Å²) in [4.78, 5) is 22.0. The minimum Gasteiger partial charge on any atom is -0.475 e. The van der Waals surface area contributed by atoms with Crippen LogP contribution >= 0.6 is 11.3 Å². The van der Waals surface area contributed by atoms with Gasteiger partial charge in [-0.15, -0.1) is 16.4 Å². The van der Waals surface area contributed by atoms with Crippen LogP contribution in [0.25, 0.3) is 5.52 Å². The summed E-state index contributed by atoms with van der Waals surface area (Å²) >= 11 is 1.28. The fourth-order valence-electron chi connectivity index (χ4n) is 3.39. The molecule has 3 aromatic rings. The smallest absolute Gasteiger partial charge is 0.475 e. The topological polar surface area (TPSA) is 140 Å². The number of carboxylic acids is 1. The second-order valence-corrected chi connectivity index (χ2v) is 8.32. The molecule has 1 fully saturated rings. The van der Waals surface area contributed by atoms with E-state index < -0.39 is 12.1 Å². The van der Waals surface area contributed by atoms with E-state index >= 15 is 0 Å². The van der Waals surface area contributed by atoms with Crippen LogP contribution in [-0.4, -0.2) is 50.0 Å². The molecule has 3 heterocycles. The van der Waals surface area contributed by atoms with Crippen molar-refractivity contribution in [2.24, 2.45) is 0 Å². The SMILES string of the molecule is N#Cc1sccc1NC(=O)c1ccc2ccc(N[C@@H]3CCCC[C@@H]3O)nn12.O=C(O)C(F)(F)F. The van der Waals surface area contributed by atoms with Crippen LogP contribution in [0, 0.1) is 11.3 Å². The van der Waals surface area contributed by atoms with Crippen LogP contribution in [0.3, 0.4) is 0 Å². The Labute approximate surface area is 195 Å². The number of aliphatic hydroxyl groups is 1. The molecule has 0 unspecified atom stereocenters. The number of fused-ring (bicyclic) bond motifs is 1. The van der Waals surface area contributed by atoms with Gasteiger partial charge in [-0.05, 0) is 48.6 Å². The summed E-state index contributed by atoms with van der Waals surface area (Å²) < 4.78 is 33.3. The van der Waals surface area contributed by atoms with Gasteiger partial charge in [-0.25, -0.2) is 9.31 Å². The Balaban J connectivity index is 0.000000406. The minimum absolute atomic E-state index is 0.0273. The van der Waals surface area contributed by atoms with Crippen molar-refractivity contribution in [3.8, 4) is 6.07 Å². The highest BCUT2D eigenvalue weighted by molar-refractivity contribution is 7.11. The first kappa shape index (κ1) is 25.0. The van der Waals surface area contributed by atoms with Crippen molar-refractivity contribution in [1.82, 2.24) is 9.61 Å². The lowest BCUT2D eigenvalue weighted by atomic mass is 9.93. The van der Waals surface area contributed by atoms with Crippen LogP contribution < -0.4 is 10.6 Å². The van der Waals surface area contributed by atoms with Crippen LogP contribution in [0.15, 0.2) is 35.7 Å². The van der Waals surface area contributed by atoms with Crippen LogP contribution in [0.2, 0.25) is 0 Å². The molecule has 13 heteroatoms. The van der Waals surface area contributed by atoms with Gasteiger partial charge in [0.15, 0.2) is 0 Å². The third-order valence-electron chi connectivity index (χ3n) is 5.06. The zero-order valence-corrected chi connectivity index (χ0v) is 18.4. The first-order chi connectivity index (χ1) is 16.1. The Morgan fingerprint density at radius 2 is 1.85 bits per heavy atom. The van der Waals surface area contributed by atoms with Gasteiger partial charge in [0.05, 0.1) is 23.3 Å². The van der Waals surface area contributed by atoms with Crippen LogP contribution in [0.5, 0.6) is 0 Å². The Bertz CT molecular complexity index is 1220. The van der Waals surface area contributed by atoms with Crippen LogP contribution in [0.4, 0.5) is 24.7 Å². The first-order valence-corrected chi connectivity index (χ1v) is 11.0. The molecule has 4 rings (SSSR count). The summed E-state index contributed by atoms with van der Waals surface area (Å²) in [6.45, 7) is 0. The van der Waals surface area contributed by atoms with E-state index in [-0.39, 0.29) is 18.1 Å². The van der Waals surface area contributed by atoms with Gasteiger partial charge in [0.25, 0.3) is 5.91 Å². The Hall–Kier alpha value is -3.63. The largest absolute Gasteiger partial charge is 0.490 e. The molecule has 0 radical (unpaired) electrons. The highest BCUT2D eigenvalue weighted by Crippen LogP contribution is 2.24. The molecule has 0 spiro atoms. The lowest BCUT2D eigenvalue weighted by Crippen LogP contribution is -2.36. The molecule has 0 saturated heterocycles. The summed E-state index contributed by atoms with van der Waals surface area (Å²) in [5, 5.41) is 38.7. The number of hydrogen-bond acceptors (Lipinski definition) is 7. The molecule has 1 amide bonds. The summed E-state index contributed by atoms with van der Waals surface area (Å²) in [6.07, 6.45) is -1.66. The fourth-order valence-corrected chi connectivity index (χ4v) is 4.03. The normalized spacial score (nSPS) is 17.9. The number of amides is 1. The van der Waals surface area contributed by atoms with Crippen molar-refractivity contribution in [3.63, 3.8) is 0 Å². The number of carboxylic acid groups (broad SMARTS) is 1.